The molecule has 2 N–H and O–H groups in total. The van der Waals surface area contributed by atoms with Crippen LogP contribution in [0.15, 0.2) is 29.2 Å². The lowest BCUT2D eigenvalue weighted by atomic mass is 10.2. The molecule has 0 aromatic heterocycles. The van der Waals surface area contributed by atoms with E-state index in [1.807, 2.05) is 12.1 Å². The molecule has 1 atom stereocenters. The number of nitrogens with one attached hydrogen (secondary N) is 2. The third-order valence-electron chi connectivity index (χ3n) is 3.26. The third kappa shape index (κ3) is 3.46. The number of benzene rings is 1. The number of hydrogen-bond acceptors (Lipinski definition) is 4. The first-order chi connectivity index (χ1) is 9.03. The lowest BCUT2D eigenvalue weighted by Gasteiger charge is -2.17. The molecule has 1 aromatic carbocycles. The minimum absolute atomic E-state index is 0.308. The molecule has 106 valence electrons. The van der Waals surface area contributed by atoms with Crippen molar-refractivity contribution >= 4 is 15.7 Å². The molecule has 6 heteroatoms. The van der Waals surface area contributed by atoms with Crippen LogP contribution in [0, 0.1) is 0 Å². The highest BCUT2D eigenvalue weighted by atomic mass is 32.2. The largest absolute Gasteiger partial charge is 0.380 e. The highest BCUT2D eigenvalue weighted by molar-refractivity contribution is 7.89. The van der Waals surface area contributed by atoms with Crippen molar-refractivity contribution in [2.45, 2.75) is 24.3 Å². The molecule has 1 saturated heterocycles. The van der Waals surface area contributed by atoms with E-state index in [2.05, 4.69) is 22.0 Å². The first-order valence-corrected chi connectivity index (χ1v) is 8.05. The van der Waals surface area contributed by atoms with Crippen molar-refractivity contribution in [2.75, 3.05) is 32.0 Å². The number of anilines is 1. The van der Waals surface area contributed by atoms with E-state index in [1.165, 1.54) is 0 Å². The summed E-state index contributed by atoms with van der Waals surface area (Å²) < 4.78 is 26.8. The van der Waals surface area contributed by atoms with E-state index in [1.54, 1.807) is 19.1 Å². The Labute approximate surface area is 115 Å². The Morgan fingerprint density at radius 1 is 1.37 bits per heavy atom. The van der Waals surface area contributed by atoms with Gasteiger partial charge in [-0.05, 0) is 32.1 Å². The standard InChI is InChI=1S/C13H21N3O2S/c1-3-14-19(17,18)13-7-5-4-6-12(13)15-11-8-9-16(2)10-11/h4-7,11,14-15H,3,8-10H2,1-2H3. The summed E-state index contributed by atoms with van der Waals surface area (Å²) in [7, 11) is -1.35. The van der Waals surface area contributed by atoms with Gasteiger partial charge in [0.1, 0.15) is 4.90 Å². The van der Waals surface area contributed by atoms with Crippen LogP contribution < -0.4 is 10.0 Å². The van der Waals surface area contributed by atoms with Crippen LogP contribution in [-0.4, -0.2) is 46.0 Å². The SMILES string of the molecule is CCNS(=O)(=O)c1ccccc1NC1CCN(C)C1. The quantitative estimate of drug-likeness (QED) is 0.849. The van der Waals surface area contributed by atoms with Crippen LogP contribution in [0.4, 0.5) is 5.69 Å². The van der Waals surface area contributed by atoms with Crippen molar-refractivity contribution < 1.29 is 8.42 Å². The molecule has 0 radical (unpaired) electrons. The lowest BCUT2D eigenvalue weighted by molar-refractivity contribution is 0.414. The van der Waals surface area contributed by atoms with Crippen LogP contribution in [0.25, 0.3) is 0 Å². The topological polar surface area (TPSA) is 61.4 Å². The van der Waals surface area contributed by atoms with Crippen molar-refractivity contribution in [3.05, 3.63) is 24.3 Å². The molecule has 1 aliphatic rings. The van der Waals surface area contributed by atoms with E-state index in [9.17, 15) is 8.42 Å². The molecule has 0 bridgehead atoms. The Hall–Kier alpha value is -1.11. The minimum Gasteiger partial charge on any atom is -0.380 e. The van der Waals surface area contributed by atoms with E-state index in [-0.39, 0.29) is 0 Å². The Kier molecular flexibility index (Phi) is 4.44. The van der Waals surface area contributed by atoms with Gasteiger partial charge < -0.3 is 10.2 Å². The van der Waals surface area contributed by atoms with Gasteiger partial charge in [-0.2, -0.15) is 0 Å². The number of sulfonamides is 1. The molecular formula is C13H21N3O2S. The molecular weight excluding hydrogens is 262 g/mol. The fraction of sp³-hybridized carbons (Fsp3) is 0.538. The normalized spacial score (nSPS) is 20.6. The number of rotatable bonds is 5. The summed E-state index contributed by atoms with van der Waals surface area (Å²) in [5, 5.41) is 3.34. The average molecular weight is 283 g/mol. The van der Waals surface area contributed by atoms with Crippen LogP contribution in [-0.2, 0) is 10.0 Å². The van der Waals surface area contributed by atoms with Gasteiger partial charge in [0.15, 0.2) is 0 Å². The molecule has 0 saturated carbocycles. The second-order valence-corrected chi connectivity index (χ2v) is 6.63. The van der Waals surface area contributed by atoms with Gasteiger partial charge in [0.05, 0.1) is 5.69 Å². The first kappa shape index (κ1) is 14.3. The predicted octanol–water partition coefficient (Wildman–Crippen LogP) is 1.10. The van der Waals surface area contributed by atoms with Gasteiger partial charge in [-0.15, -0.1) is 0 Å². The second kappa shape index (κ2) is 5.90. The van der Waals surface area contributed by atoms with E-state index >= 15 is 0 Å². The summed E-state index contributed by atoms with van der Waals surface area (Å²) in [5.74, 6) is 0. The van der Waals surface area contributed by atoms with Crippen LogP contribution in [0.1, 0.15) is 13.3 Å². The molecule has 1 aliphatic heterocycles. The maximum Gasteiger partial charge on any atom is 0.242 e. The molecule has 0 spiro atoms. The van der Waals surface area contributed by atoms with Crippen LogP contribution in [0.2, 0.25) is 0 Å². The zero-order valence-corrected chi connectivity index (χ0v) is 12.2. The van der Waals surface area contributed by atoms with Crippen molar-refractivity contribution in [2.24, 2.45) is 0 Å². The van der Waals surface area contributed by atoms with Crippen LogP contribution in [0.3, 0.4) is 0 Å². The van der Waals surface area contributed by atoms with Gasteiger partial charge in [-0.1, -0.05) is 19.1 Å². The van der Waals surface area contributed by atoms with E-state index in [4.69, 9.17) is 0 Å². The van der Waals surface area contributed by atoms with Crippen molar-refractivity contribution in [3.8, 4) is 0 Å². The number of likely N-dealkylation sites (tertiary alicyclic amines) is 1. The highest BCUT2D eigenvalue weighted by Gasteiger charge is 2.22. The van der Waals surface area contributed by atoms with Gasteiger partial charge in [-0.25, -0.2) is 13.1 Å². The molecule has 0 amide bonds. The molecule has 2 rings (SSSR count). The minimum atomic E-state index is -3.42. The molecule has 19 heavy (non-hydrogen) atoms. The summed E-state index contributed by atoms with van der Waals surface area (Å²) in [6.07, 6.45) is 1.03. The zero-order chi connectivity index (χ0) is 13.9. The Bertz CT molecular complexity index is 530. The summed E-state index contributed by atoms with van der Waals surface area (Å²) in [4.78, 5) is 2.56. The molecule has 1 aromatic rings. The van der Waals surface area contributed by atoms with Crippen molar-refractivity contribution in [1.29, 1.82) is 0 Å². The zero-order valence-electron chi connectivity index (χ0n) is 11.4. The van der Waals surface area contributed by atoms with E-state index in [0.717, 1.165) is 19.5 Å². The van der Waals surface area contributed by atoms with E-state index < -0.39 is 10.0 Å². The number of para-hydroxylation sites is 1. The maximum atomic E-state index is 12.1. The summed E-state index contributed by atoms with van der Waals surface area (Å²) in [6.45, 7) is 4.15. The predicted molar refractivity (Wildman–Crippen MR) is 76.8 cm³/mol. The van der Waals surface area contributed by atoms with Gasteiger partial charge in [-0.3, -0.25) is 0 Å². The Balaban J connectivity index is 2.21. The van der Waals surface area contributed by atoms with Crippen molar-refractivity contribution in [1.82, 2.24) is 9.62 Å². The van der Waals surface area contributed by atoms with Crippen LogP contribution in [0.5, 0.6) is 0 Å². The molecule has 0 aliphatic carbocycles. The number of hydrogen-bond donors (Lipinski definition) is 2. The highest BCUT2D eigenvalue weighted by Crippen LogP contribution is 2.23. The molecule has 1 fully saturated rings. The first-order valence-electron chi connectivity index (χ1n) is 6.56. The third-order valence-corrected chi connectivity index (χ3v) is 4.87. The van der Waals surface area contributed by atoms with Crippen LogP contribution >= 0.6 is 0 Å². The molecule has 1 unspecified atom stereocenters. The lowest BCUT2D eigenvalue weighted by Crippen LogP contribution is -2.27. The summed E-state index contributed by atoms with van der Waals surface area (Å²) in [5.41, 5.74) is 0.684. The molecule has 1 heterocycles. The molecule has 5 nitrogen and oxygen atoms in total. The monoisotopic (exact) mass is 283 g/mol. The Morgan fingerprint density at radius 2 is 2.11 bits per heavy atom. The second-order valence-electron chi connectivity index (χ2n) is 4.89. The number of likely N-dealkylation sites (N-methyl/N-ethyl adjacent to an activating group) is 1. The smallest absolute Gasteiger partial charge is 0.242 e. The Morgan fingerprint density at radius 3 is 2.74 bits per heavy atom. The van der Waals surface area contributed by atoms with Gasteiger partial charge in [0.25, 0.3) is 0 Å². The maximum absolute atomic E-state index is 12.1. The van der Waals surface area contributed by atoms with Gasteiger partial charge in [0, 0.05) is 19.1 Å². The summed E-state index contributed by atoms with van der Waals surface area (Å²) >= 11 is 0. The average Bonchev–Trinajstić information content (AvgIpc) is 2.75. The number of nitrogens with zero attached hydrogens (tertiary/aromatic N) is 1. The van der Waals surface area contributed by atoms with Crippen molar-refractivity contribution in [3.63, 3.8) is 0 Å². The summed E-state index contributed by atoms with van der Waals surface area (Å²) in [6, 6.07) is 7.37. The fourth-order valence-electron chi connectivity index (χ4n) is 2.36. The van der Waals surface area contributed by atoms with Gasteiger partial charge >= 0.3 is 0 Å². The van der Waals surface area contributed by atoms with Gasteiger partial charge in [0.2, 0.25) is 10.0 Å². The van der Waals surface area contributed by atoms with E-state index in [0.29, 0.717) is 23.2 Å². The fourth-order valence-corrected chi connectivity index (χ4v) is 3.57.